The van der Waals surface area contributed by atoms with Gasteiger partial charge in [0, 0.05) is 28.4 Å². The molecule has 0 saturated heterocycles. The minimum atomic E-state index is -1.40. The summed E-state index contributed by atoms with van der Waals surface area (Å²) in [5.41, 5.74) is -0.682. The van der Waals surface area contributed by atoms with Crippen molar-refractivity contribution in [2.45, 2.75) is 26.4 Å². The number of rotatable bonds is 9. The zero-order chi connectivity index (χ0) is 23.2. The summed E-state index contributed by atoms with van der Waals surface area (Å²) in [6, 6.07) is 9.44. The highest BCUT2D eigenvalue weighted by Crippen LogP contribution is 2.36. The Morgan fingerprint density at radius 2 is 1.68 bits per heavy atom. The fourth-order valence-corrected chi connectivity index (χ4v) is 3.03. The summed E-state index contributed by atoms with van der Waals surface area (Å²) in [5, 5.41) is 25.5. The molecule has 2 aromatic rings. The van der Waals surface area contributed by atoms with Crippen LogP contribution in [0.2, 0.25) is 15.1 Å². The Bertz CT molecular complexity index is 953. The van der Waals surface area contributed by atoms with E-state index in [0.717, 1.165) is 0 Å². The molecule has 0 fully saturated rings. The van der Waals surface area contributed by atoms with Gasteiger partial charge >= 0.3 is 0 Å². The zero-order valence-electron chi connectivity index (χ0n) is 16.9. The lowest BCUT2D eigenvalue weighted by molar-refractivity contribution is -0.137. The second-order valence-electron chi connectivity index (χ2n) is 7.46. The maximum atomic E-state index is 12.3. The van der Waals surface area contributed by atoms with E-state index in [1.165, 1.54) is 12.1 Å². The van der Waals surface area contributed by atoms with Crippen LogP contribution in [0, 0.1) is 5.41 Å². The maximum absolute atomic E-state index is 12.3. The van der Waals surface area contributed by atoms with Gasteiger partial charge in [0.05, 0.1) is 17.3 Å². The molecule has 0 unspecified atom stereocenters. The van der Waals surface area contributed by atoms with Crippen LogP contribution < -0.4 is 15.4 Å². The highest BCUT2D eigenvalue weighted by molar-refractivity contribution is 6.35. The molecule has 2 rings (SSSR count). The molecule has 0 aromatic heterocycles. The lowest BCUT2D eigenvalue weighted by Crippen LogP contribution is -2.46. The number of hydrogen-bond donors (Lipinski definition) is 4. The number of amides is 2. The van der Waals surface area contributed by atoms with Crippen molar-refractivity contribution in [1.82, 2.24) is 5.32 Å². The van der Waals surface area contributed by atoms with E-state index in [-0.39, 0.29) is 19.6 Å². The van der Waals surface area contributed by atoms with Crippen molar-refractivity contribution in [3.63, 3.8) is 0 Å². The Kier molecular flexibility index (Phi) is 8.97. The smallest absolute Gasteiger partial charge is 0.249 e. The van der Waals surface area contributed by atoms with Gasteiger partial charge in [0.25, 0.3) is 0 Å². The van der Waals surface area contributed by atoms with Gasteiger partial charge in [-0.05, 0) is 36.4 Å². The number of halogens is 3. The number of aliphatic hydroxyl groups is 2. The van der Waals surface area contributed by atoms with Gasteiger partial charge in [-0.1, -0.05) is 48.7 Å². The number of benzene rings is 2. The molecular weight excluding hydrogens is 467 g/mol. The van der Waals surface area contributed by atoms with Crippen molar-refractivity contribution in [2.75, 3.05) is 18.5 Å². The van der Waals surface area contributed by atoms with Gasteiger partial charge in [-0.2, -0.15) is 0 Å². The third-order valence-electron chi connectivity index (χ3n) is 4.38. The minimum absolute atomic E-state index is 0.0109. The number of aliphatic hydroxyl groups excluding tert-OH is 2. The topological polar surface area (TPSA) is 108 Å². The molecule has 0 saturated carbocycles. The molecule has 0 aliphatic carbocycles. The molecule has 31 heavy (non-hydrogen) atoms. The normalized spacial score (nSPS) is 12.2. The van der Waals surface area contributed by atoms with Gasteiger partial charge < -0.3 is 25.6 Å². The first kappa shape index (κ1) is 25.2. The quantitative estimate of drug-likeness (QED) is 0.421. The molecule has 0 bridgehead atoms. The lowest BCUT2D eigenvalue weighted by atomic mass is 9.87. The molecule has 0 radical (unpaired) electrons. The van der Waals surface area contributed by atoms with Crippen LogP contribution in [0.5, 0.6) is 11.5 Å². The van der Waals surface area contributed by atoms with Crippen molar-refractivity contribution in [2.24, 2.45) is 5.41 Å². The fraction of sp³-hybridized carbons (Fsp3) is 0.333. The largest absolute Gasteiger partial charge is 0.454 e. The first-order chi connectivity index (χ1) is 14.5. The highest BCUT2D eigenvalue weighted by atomic mass is 35.5. The molecule has 4 N–H and O–H groups in total. The average molecular weight is 490 g/mol. The Morgan fingerprint density at radius 1 is 1.06 bits per heavy atom. The molecule has 168 valence electrons. The molecule has 2 aromatic carbocycles. The summed E-state index contributed by atoms with van der Waals surface area (Å²) in [6.07, 6.45) is -1.47. The molecule has 1 atom stereocenters. The second-order valence-corrected chi connectivity index (χ2v) is 8.74. The molecule has 0 heterocycles. The van der Waals surface area contributed by atoms with Crippen molar-refractivity contribution < 1.29 is 24.5 Å². The molecule has 2 amide bonds. The van der Waals surface area contributed by atoms with Crippen LogP contribution in [-0.4, -0.2) is 41.3 Å². The number of carbonyl (C=O) groups excluding carboxylic acids is 2. The monoisotopic (exact) mass is 488 g/mol. The number of carbonyl (C=O) groups is 2. The Morgan fingerprint density at radius 3 is 2.29 bits per heavy atom. The summed E-state index contributed by atoms with van der Waals surface area (Å²) in [6.45, 7) is 2.73. The first-order valence-corrected chi connectivity index (χ1v) is 10.5. The van der Waals surface area contributed by atoms with Gasteiger partial charge in [-0.25, -0.2) is 0 Å². The van der Waals surface area contributed by atoms with Gasteiger partial charge in [-0.3, -0.25) is 9.59 Å². The summed E-state index contributed by atoms with van der Waals surface area (Å²) in [7, 11) is 0. The van der Waals surface area contributed by atoms with Gasteiger partial charge in [0.1, 0.15) is 11.9 Å². The first-order valence-electron chi connectivity index (χ1n) is 9.32. The Balaban J connectivity index is 2.00. The van der Waals surface area contributed by atoms with Crippen LogP contribution in [0.3, 0.4) is 0 Å². The molecule has 10 heteroatoms. The SMILES string of the molecule is CC(C)(CO)[C@@H](O)C(=O)NCCC(=O)Nc1cc(Cl)ccc1Oc1ccc(Cl)cc1Cl. The Labute approximate surface area is 195 Å². The fourth-order valence-electron chi connectivity index (χ4n) is 2.42. The highest BCUT2D eigenvalue weighted by Gasteiger charge is 2.32. The third kappa shape index (κ3) is 7.26. The number of nitrogens with one attached hydrogen (secondary N) is 2. The molecule has 7 nitrogen and oxygen atoms in total. The van der Waals surface area contributed by atoms with Crippen molar-refractivity contribution >= 4 is 52.3 Å². The lowest BCUT2D eigenvalue weighted by Gasteiger charge is -2.27. The van der Waals surface area contributed by atoms with Crippen LogP contribution in [0.15, 0.2) is 36.4 Å². The van der Waals surface area contributed by atoms with Crippen LogP contribution in [0.25, 0.3) is 0 Å². The average Bonchev–Trinajstić information content (AvgIpc) is 2.71. The van der Waals surface area contributed by atoms with Gasteiger partial charge in [0.2, 0.25) is 11.8 Å². The van der Waals surface area contributed by atoms with E-state index >= 15 is 0 Å². The van der Waals surface area contributed by atoms with Crippen molar-refractivity contribution in [3.05, 3.63) is 51.5 Å². The molecular formula is C21H23Cl3N2O5. The van der Waals surface area contributed by atoms with E-state index in [9.17, 15) is 19.8 Å². The van der Waals surface area contributed by atoms with Crippen LogP contribution in [0.1, 0.15) is 20.3 Å². The standard InChI is InChI=1S/C21H23Cl3N2O5/c1-21(2,11-27)19(29)20(30)25-8-7-18(28)26-15-10-13(23)4-6-17(15)31-16-5-3-12(22)9-14(16)24/h3-6,9-10,19,27,29H,7-8,11H2,1-2H3,(H,25,30)(H,26,28)/t19-/m0/s1. The summed E-state index contributed by atoms with van der Waals surface area (Å²) in [4.78, 5) is 24.3. The Hall–Kier alpha value is -2.03. The molecule has 0 aliphatic rings. The zero-order valence-corrected chi connectivity index (χ0v) is 19.2. The van der Waals surface area contributed by atoms with Crippen molar-refractivity contribution in [3.8, 4) is 11.5 Å². The van der Waals surface area contributed by atoms with Crippen LogP contribution >= 0.6 is 34.8 Å². The second kappa shape index (κ2) is 11.0. The molecule has 0 aliphatic heterocycles. The summed E-state index contributed by atoms with van der Waals surface area (Å²) < 4.78 is 5.78. The minimum Gasteiger partial charge on any atom is -0.454 e. The third-order valence-corrected chi connectivity index (χ3v) is 5.14. The van der Waals surface area contributed by atoms with Crippen LogP contribution in [-0.2, 0) is 9.59 Å². The summed E-state index contributed by atoms with van der Waals surface area (Å²) in [5.74, 6) is -0.427. The van der Waals surface area contributed by atoms with Gasteiger partial charge in [-0.15, -0.1) is 0 Å². The van der Waals surface area contributed by atoms with Gasteiger partial charge in [0.15, 0.2) is 5.75 Å². The predicted molar refractivity (Wildman–Crippen MR) is 121 cm³/mol. The van der Waals surface area contributed by atoms with E-state index < -0.39 is 23.3 Å². The molecule has 0 spiro atoms. The number of ether oxygens (including phenoxy) is 1. The van der Waals surface area contributed by atoms with E-state index in [1.54, 1.807) is 38.1 Å². The summed E-state index contributed by atoms with van der Waals surface area (Å²) >= 11 is 18.1. The van der Waals surface area contributed by atoms with Crippen molar-refractivity contribution in [1.29, 1.82) is 0 Å². The van der Waals surface area contributed by atoms with Crippen LogP contribution in [0.4, 0.5) is 5.69 Å². The number of anilines is 1. The predicted octanol–water partition coefficient (Wildman–Crippen LogP) is 4.26. The van der Waals surface area contributed by atoms with E-state index in [2.05, 4.69) is 10.6 Å². The van der Waals surface area contributed by atoms with E-state index in [1.807, 2.05) is 0 Å². The maximum Gasteiger partial charge on any atom is 0.249 e. The number of hydrogen-bond acceptors (Lipinski definition) is 5. The van der Waals surface area contributed by atoms with E-state index in [4.69, 9.17) is 39.5 Å². The van der Waals surface area contributed by atoms with E-state index in [0.29, 0.717) is 32.3 Å².